The van der Waals surface area contributed by atoms with E-state index in [1.54, 1.807) is 13.2 Å². The quantitative estimate of drug-likeness (QED) is 0.701. The number of hydrogen-bond donors (Lipinski definition) is 1. The molecule has 0 fully saturated rings. The smallest absolute Gasteiger partial charge is 0.267 e. The van der Waals surface area contributed by atoms with Gasteiger partial charge in [0.25, 0.3) is 5.91 Å². The number of ether oxygens (including phenoxy) is 3. The van der Waals surface area contributed by atoms with Gasteiger partial charge in [-0.15, -0.1) is 11.3 Å². The summed E-state index contributed by atoms with van der Waals surface area (Å²) in [7, 11) is 1.63. The second-order valence-corrected chi connectivity index (χ2v) is 7.33. The number of amides is 1. The largest absolute Gasteiger partial charge is 0.497 e. The standard InChI is InChI=1S/C21H20N2O4S/c1-13-19(28-21(22-13)14-5-3-6-16(11-14)25-2)20(24)23-15-7-8-17-18(12-15)27-10-4-9-26-17/h3,5-8,11-12H,4,9-10H2,1-2H3,(H,23,24). The van der Waals surface area contributed by atoms with Crippen molar-refractivity contribution in [3.05, 3.63) is 53.0 Å². The number of anilines is 1. The van der Waals surface area contributed by atoms with Crippen molar-refractivity contribution < 1.29 is 19.0 Å². The zero-order valence-corrected chi connectivity index (χ0v) is 16.5. The van der Waals surface area contributed by atoms with E-state index in [9.17, 15) is 4.79 Å². The van der Waals surface area contributed by atoms with Crippen molar-refractivity contribution in [2.45, 2.75) is 13.3 Å². The lowest BCUT2D eigenvalue weighted by Gasteiger charge is -2.10. The van der Waals surface area contributed by atoms with E-state index in [2.05, 4.69) is 10.3 Å². The molecule has 6 nitrogen and oxygen atoms in total. The first kappa shape index (κ1) is 18.3. The van der Waals surface area contributed by atoms with Crippen LogP contribution in [0.4, 0.5) is 5.69 Å². The second-order valence-electron chi connectivity index (χ2n) is 6.33. The van der Waals surface area contributed by atoms with Crippen LogP contribution in [-0.2, 0) is 0 Å². The van der Waals surface area contributed by atoms with Crippen LogP contribution in [-0.4, -0.2) is 31.2 Å². The van der Waals surface area contributed by atoms with E-state index in [0.717, 1.165) is 22.7 Å². The van der Waals surface area contributed by atoms with Crippen LogP contribution in [0.25, 0.3) is 10.6 Å². The van der Waals surface area contributed by atoms with E-state index in [4.69, 9.17) is 14.2 Å². The van der Waals surface area contributed by atoms with Crippen LogP contribution in [0.5, 0.6) is 17.2 Å². The summed E-state index contributed by atoms with van der Waals surface area (Å²) in [6.07, 6.45) is 0.837. The number of aromatic nitrogens is 1. The van der Waals surface area contributed by atoms with Crippen LogP contribution >= 0.6 is 11.3 Å². The summed E-state index contributed by atoms with van der Waals surface area (Å²) in [5, 5.41) is 3.71. The molecule has 0 atom stereocenters. The number of nitrogens with one attached hydrogen (secondary N) is 1. The number of benzene rings is 2. The molecule has 0 aliphatic carbocycles. The van der Waals surface area contributed by atoms with Gasteiger partial charge >= 0.3 is 0 Å². The number of hydrogen-bond acceptors (Lipinski definition) is 6. The molecule has 0 saturated heterocycles. The van der Waals surface area contributed by atoms with E-state index in [-0.39, 0.29) is 5.91 Å². The number of rotatable bonds is 4. The molecule has 0 radical (unpaired) electrons. The normalized spacial score (nSPS) is 12.9. The van der Waals surface area contributed by atoms with Crippen molar-refractivity contribution in [2.75, 3.05) is 25.6 Å². The minimum absolute atomic E-state index is 0.196. The molecule has 1 amide bonds. The van der Waals surface area contributed by atoms with Gasteiger partial charge in [-0.2, -0.15) is 0 Å². The number of aryl methyl sites for hydroxylation is 1. The summed E-state index contributed by atoms with van der Waals surface area (Å²) in [4.78, 5) is 17.9. The predicted octanol–water partition coefficient (Wildman–Crippen LogP) is 4.54. The molecule has 3 aromatic rings. The fourth-order valence-corrected chi connectivity index (χ4v) is 3.87. The van der Waals surface area contributed by atoms with Crippen LogP contribution in [0, 0.1) is 6.92 Å². The Labute approximate surface area is 167 Å². The highest BCUT2D eigenvalue weighted by Gasteiger charge is 2.18. The Balaban J connectivity index is 1.55. The molecular weight excluding hydrogens is 376 g/mol. The molecule has 2 heterocycles. The van der Waals surface area contributed by atoms with Crippen LogP contribution < -0.4 is 19.5 Å². The van der Waals surface area contributed by atoms with E-state index >= 15 is 0 Å². The molecule has 4 rings (SSSR count). The molecular formula is C21H20N2O4S. The molecule has 1 aromatic heterocycles. The lowest BCUT2D eigenvalue weighted by atomic mass is 10.2. The highest BCUT2D eigenvalue weighted by molar-refractivity contribution is 7.17. The maximum atomic E-state index is 12.8. The molecule has 1 aliphatic rings. The third-order valence-electron chi connectivity index (χ3n) is 4.32. The minimum atomic E-state index is -0.196. The zero-order chi connectivity index (χ0) is 19.5. The molecule has 144 valence electrons. The molecule has 0 unspecified atom stereocenters. The SMILES string of the molecule is COc1cccc(-c2nc(C)c(C(=O)Nc3ccc4c(c3)OCCCO4)s2)c1. The summed E-state index contributed by atoms with van der Waals surface area (Å²) < 4.78 is 16.6. The van der Waals surface area contributed by atoms with E-state index < -0.39 is 0 Å². The van der Waals surface area contributed by atoms with Crippen LogP contribution in [0.2, 0.25) is 0 Å². The highest BCUT2D eigenvalue weighted by Crippen LogP contribution is 2.34. The van der Waals surface area contributed by atoms with Gasteiger partial charge in [0.05, 0.1) is 26.0 Å². The van der Waals surface area contributed by atoms with Crippen molar-refractivity contribution in [2.24, 2.45) is 0 Å². The van der Waals surface area contributed by atoms with Gasteiger partial charge < -0.3 is 19.5 Å². The zero-order valence-electron chi connectivity index (χ0n) is 15.7. The molecule has 0 spiro atoms. The maximum absolute atomic E-state index is 12.8. The number of carbonyl (C=O) groups excluding carboxylic acids is 1. The van der Waals surface area contributed by atoms with Gasteiger partial charge in [-0.25, -0.2) is 4.98 Å². The molecule has 28 heavy (non-hydrogen) atoms. The third-order valence-corrected chi connectivity index (χ3v) is 5.53. The molecule has 0 bridgehead atoms. The van der Waals surface area contributed by atoms with Crippen LogP contribution in [0.15, 0.2) is 42.5 Å². The minimum Gasteiger partial charge on any atom is -0.497 e. The van der Waals surface area contributed by atoms with Crippen molar-refractivity contribution >= 4 is 22.9 Å². The molecule has 1 N–H and O–H groups in total. The predicted molar refractivity (Wildman–Crippen MR) is 109 cm³/mol. The summed E-state index contributed by atoms with van der Waals surface area (Å²) in [6.45, 7) is 3.07. The fraction of sp³-hybridized carbons (Fsp3) is 0.238. The fourth-order valence-electron chi connectivity index (χ4n) is 2.92. The highest BCUT2D eigenvalue weighted by atomic mass is 32.1. The Kier molecular flexibility index (Phi) is 5.16. The van der Waals surface area contributed by atoms with E-state index in [1.165, 1.54) is 11.3 Å². The average molecular weight is 396 g/mol. The number of nitrogens with zero attached hydrogens (tertiary/aromatic N) is 1. The first-order valence-electron chi connectivity index (χ1n) is 8.97. The van der Waals surface area contributed by atoms with Crippen molar-refractivity contribution in [1.29, 1.82) is 0 Å². The second kappa shape index (κ2) is 7.90. The van der Waals surface area contributed by atoms with Gasteiger partial charge in [0.15, 0.2) is 11.5 Å². The first-order chi connectivity index (χ1) is 13.6. The summed E-state index contributed by atoms with van der Waals surface area (Å²) in [5.41, 5.74) is 2.27. The molecule has 1 aliphatic heterocycles. The van der Waals surface area contributed by atoms with E-state index in [1.807, 2.05) is 43.3 Å². The van der Waals surface area contributed by atoms with Crippen molar-refractivity contribution in [3.8, 4) is 27.8 Å². The van der Waals surface area contributed by atoms with Gasteiger partial charge in [0.2, 0.25) is 0 Å². The van der Waals surface area contributed by atoms with Crippen molar-refractivity contribution in [1.82, 2.24) is 4.98 Å². The Hall–Kier alpha value is -3.06. The topological polar surface area (TPSA) is 69.7 Å². The Morgan fingerprint density at radius 2 is 1.96 bits per heavy atom. The van der Waals surface area contributed by atoms with Gasteiger partial charge in [0.1, 0.15) is 15.6 Å². The van der Waals surface area contributed by atoms with Gasteiger partial charge in [-0.1, -0.05) is 12.1 Å². The summed E-state index contributed by atoms with van der Waals surface area (Å²) >= 11 is 1.36. The lowest BCUT2D eigenvalue weighted by Crippen LogP contribution is -2.11. The molecule has 2 aromatic carbocycles. The van der Waals surface area contributed by atoms with Crippen LogP contribution in [0.1, 0.15) is 21.8 Å². The maximum Gasteiger partial charge on any atom is 0.267 e. The van der Waals surface area contributed by atoms with Gasteiger partial charge in [-0.05, 0) is 31.2 Å². The first-order valence-corrected chi connectivity index (χ1v) is 9.78. The Morgan fingerprint density at radius 1 is 1.14 bits per heavy atom. The number of carbonyl (C=O) groups is 1. The molecule has 0 saturated carbocycles. The molecule has 7 heteroatoms. The number of thiazole rings is 1. The van der Waals surface area contributed by atoms with Gasteiger partial charge in [-0.3, -0.25) is 4.79 Å². The van der Waals surface area contributed by atoms with E-state index in [0.29, 0.717) is 41.0 Å². The average Bonchev–Trinajstić information content (AvgIpc) is 2.95. The number of methoxy groups -OCH3 is 1. The lowest BCUT2D eigenvalue weighted by molar-refractivity contribution is 0.103. The Morgan fingerprint density at radius 3 is 2.79 bits per heavy atom. The monoisotopic (exact) mass is 396 g/mol. The van der Waals surface area contributed by atoms with Gasteiger partial charge in [0, 0.05) is 23.7 Å². The van der Waals surface area contributed by atoms with Crippen LogP contribution in [0.3, 0.4) is 0 Å². The summed E-state index contributed by atoms with van der Waals surface area (Å²) in [5.74, 6) is 1.90. The third kappa shape index (κ3) is 3.80. The number of fused-ring (bicyclic) bond motifs is 1. The summed E-state index contributed by atoms with van der Waals surface area (Å²) in [6, 6.07) is 13.1. The Bertz CT molecular complexity index is 1020. The van der Waals surface area contributed by atoms with Crippen molar-refractivity contribution in [3.63, 3.8) is 0 Å².